The standard InChI is InChI=1S/C19H19ClN4O/c1-23-10-7-15-17(23)16(19(25)24-8-2-3-9-24)12-21-18(15)22-14-6-4-5-13(20)11-14/h4-7,10-12H,2-3,8-9H2,1H3,(H,21,22). The molecule has 0 atom stereocenters. The number of hydrogen-bond acceptors (Lipinski definition) is 3. The van der Waals surface area contributed by atoms with Crippen LogP contribution in [-0.4, -0.2) is 33.4 Å². The molecule has 1 aromatic carbocycles. The minimum atomic E-state index is 0.0612. The van der Waals surface area contributed by atoms with E-state index in [4.69, 9.17) is 11.6 Å². The summed E-state index contributed by atoms with van der Waals surface area (Å²) in [6.07, 6.45) is 5.78. The SMILES string of the molecule is Cn1ccc2c(Nc3cccc(Cl)c3)ncc(C(=O)N3CCCC3)c21. The zero-order chi connectivity index (χ0) is 17.4. The molecule has 0 spiro atoms. The van der Waals surface area contributed by atoms with E-state index in [0.717, 1.165) is 48.3 Å². The van der Waals surface area contributed by atoms with E-state index in [1.807, 2.05) is 53.0 Å². The van der Waals surface area contributed by atoms with Gasteiger partial charge in [-0.1, -0.05) is 17.7 Å². The molecule has 3 aromatic rings. The number of benzene rings is 1. The number of amides is 1. The first-order chi connectivity index (χ1) is 12.1. The first-order valence-electron chi connectivity index (χ1n) is 8.39. The van der Waals surface area contributed by atoms with Gasteiger partial charge in [0.15, 0.2) is 0 Å². The zero-order valence-electron chi connectivity index (χ0n) is 14.0. The predicted molar refractivity (Wildman–Crippen MR) is 101 cm³/mol. The molecule has 4 rings (SSSR count). The van der Waals surface area contributed by atoms with Crippen molar-refractivity contribution in [3.8, 4) is 0 Å². The lowest BCUT2D eigenvalue weighted by atomic mass is 10.1. The van der Waals surface area contributed by atoms with E-state index in [9.17, 15) is 4.79 Å². The largest absolute Gasteiger partial charge is 0.350 e. The number of carbonyl (C=O) groups excluding carboxylic acids is 1. The molecule has 25 heavy (non-hydrogen) atoms. The summed E-state index contributed by atoms with van der Waals surface area (Å²) in [6.45, 7) is 1.65. The monoisotopic (exact) mass is 354 g/mol. The van der Waals surface area contributed by atoms with E-state index in [1.165, 1.54) is 0 Å². The summed E-state index contributed by atoms with van der Waals surface area (Å²) in [4.78, 5) is 19.3. The molecule has 6 heteroatoms. The molecular weight excluding hydrogens is 336 g/mol. The van der Waals surface area contributed by atoms with Crippen molar-refractivity contribution < 1.29 is 4.79 Å². The molecule has 0 unspecified atom stereocenters. The van der Waals surface area contributed by atoms with Crippen LogP contribution in [-0.2, 0) is 7.05 Å². The van der Waals surface area contributed by atoms with Crippen LogP contribution in [0.15, 0.2) is 42.7 Å². The Morgan fingerprint density at radius 2 is 2.04 bits per heavy atom. The lowest BCUT2D eigenvalue weighted by Crippen LogP contribution is -2.28. The highest BCUT2D eigenvalue weighted by Gasteiger charge is 2.23. The van der Waals surface area contributed by atoms with Crippen molar-refractivity contribution in [1.82, 2.24) is 14.5 Å². The number of fused-ring (bicyclic) bond motifs is 1. The van der Waals surface area contributed by atoms with Crippen LogP contribution in [0.4, 0.5) is 11.5 Å². The maximum atomic E-state index is 12.9. The molecule has 1 saturated heterocycles. The Morgan fingerprint density at radius 3 is 2.80 bits per heavy atom. The van der Waals surface area contributed by atoms with Crippen LogP contribution in [0.5, 0.6) is 0 Å². The second-order valence-electron chi connectivity index (χ2n) is 6.34. The third kappa shape index (κ3) is 2.96. The Hall–Kier alpha value is -2.53. The van der Waals surface area contributed by atoms with Crippen LogP contribution >= 0.6 is 11.6 Å². The van der Waals surface area contributed by atoms with Crippen LogP contribution in [0, 0.1) is 0 Å². The maximum Gasteiger partial charge on any atom is 0.257 e. The Bertz CT molecular complexity index is 944. The highest BCUT2D eigenvalue weighted by atomic mass is 35.5. The van der Waals surface area contributed by atoms with Gasteiger partial charge in [0, 0.05) is 48.6 Å². The average molecular weight is 355 g/mol. The molecule has 0 bridgehead atoms. The highest BCUT2D eigenvalue weighted by Crippen LogP contribution is 2.29. The van der Waals surface area contributed by atoms with Gasteiger partial charge in [0.05, 0.1) is 11.1 Å². The summed E-state index contributed by atoms with van der Waals surface area (Å²) in [5.41, 5.74) is 2.42. The van der Waals surface area contributed by atoms with Crippen molar-refractivity contribution in [2.45, 2.75) is 12.8 Å². The van der Waals surface area contributed by atoms with Crippen molar-refractivity contribution in [2.24, 2.45) is 7.05 Å². The molecule has 0 saturated carbocycles. The summed E-state index contributed by atoms with van der Waals surface area (Å²) >= 11 is 6.06. The minimum Gasteiger partial charge on any atom is -0.350 e. The number of halogens is 1. The Labute approximate surface area is 151 Å². The molecular formula is C19H19ClN4O. The van der Waals surface area contributed by atoms with Gasteiger partial charge in [0.1, 0.15) is 5.82 Å². The number of hydrogen-bond donors (Lipinski definition) is 1. The number of nitrogens with one attached hydrogen (secondary N) is 1. The van der Waals surface area contributed by atoms with Crippen molar-refractivity contribution in [1.29, 1.82) is 0 Å². The summed E-state index contributed by atoms with van der Waals surface area (Å²) in [7, 11) is 1.95. The molecule has 1 amide bonds. The van der Waals surface area contributed by atoms with E-state index in [2.05, 4.69) is 10.3 Å². The first kappa shape index (κ1) is 16.0. The first-order valence-corrected chi connectivity index (χ1v) is 8.77. The van der Waals surface area contributed by atoms with Gasteiger partial charge in [-0.2, -0.15) is 0 Å². The van der Waals surface area contributed by atoms with E-state index in [-0.39, 0.29) is 5.91 Å². The Morgan fingerprint density at radius 1 is 1.24 bits per heavy atom. The van der Waals surface area contributed by atoms with Crippen molar-refractivity contribution in [3.63, 3.8) is 0 Å². The van der Waals surface area contributed by atoms with E-state index in [1.54, 1.807) is 6.20 Å². The number of pyridine rings is 1. The number of anilines is 2. The molecule has 128 valence electrons. The fraction of sp³-hybridized carbons (Fsp3) is 0.263. The second-order valence-corrected chi connectivity index (χ2v) is 6.78. The van der Waals surface area contributed by atoms with Gasteiger partial charge in [-0.05, 0) is 37.1 Å². The van der Waals surface area contributed by atoms with Gasteiger partial charge < -0.3 is 14.8 Å². The fourth-order valence-corrected chi connectivity index (χ4v) is 3.56. The summed E-state index contributed by atoms with van der Waals surface area (Å²) in [5.74, 6) is 0.780. The quantitative estimate of drug-likeness (QED) is 0.766. The Kier molecular flexibility index (Phi) is 4.09. The van der Waals surface area contributed by atoms with Crippen LogP contribution in [0.1, 0.15) is 23.2 Å². The lowest BCUT2D eigenvalue weighted by Gasteiger charge is -2.17. The molecule has 1 aliphatic heterocycles. The fourth-order valence-electron chi connectivity index (χ4n) is 3.37. The van der Waals surface area contributed by atoms with Crippen LogP contribution in [0.2, 0.25) is 5.02 Å². The number of likely N-dealkylation sites (tertiary alicyclic amines) is 1. The molecule has 5 nitrogen and oxygen atoms in total. The molecule has 0 aliphatic carbocycles. The molecule has 2 aromatic heterocycles. The van der Waals surface area contributed by atoms with Gasteiger partial charge in [0.25, 0.3) is 5.91 Å². The molecule has 1 N–H and O–H groups in total. The number of carbonyl (C=O) groups is 1. The summed E-state index contributed by atoms with van der Waals surface area (Å²) in [6, 6.07) is 9.48. The van der Waals surface area contributed by atoms with Crippen LogP contribution in [0.3, 0.4) is 0 Å². The molecule has 1 fully saturated rings. The third-order valence-corrected chi connectivity index (χ3v) is 4.85. The number of rotatable bonds is 3. The predicted octanol–water partition coefficient (Wildman–Crippen LogP) is 4.21. The third-order valence-electron chi connectivity index (χ3n) is 4.62. The van der Waals surface area contributed by atoms with Gasteiger partial charge in [-0.3, -0.25) is 4.79 Å². The van der Waals surface area contributed by atoms with E-state index >= 15 is 0 Å². The molecule has 3 heterocycles. The maximum absolute atomic E-state index is 12.9. The van der Waals surface area contributed by atoms with Crippen molar-refractivity contribution >= 4 is 39.9 Å². The molecule has 1 aliphatic rings. The number of aryl methyl sites for hydroxylation is 1. The number of aromatic nitrogens is 2. The normalized spacial score (nSPS) is 14.2. The van der Waals surface area contributed by atoms with Gasteiger partial charge >= 0.3 is 0 Å². The smallest absolute Gasteiger partial charge is 0.257 e. The second kappa shape index (κ2) is 6.41. The van der Waals surface area contributed by atoms with Crippen molar-refractivity contribution in [2.75, 3.05) is 18.4 Å². The zero-order valence-corrected chi connectivity index (χ0v) is 14.8. The van der Waals surface area contributed by atoms with E-state index in [0.29, 0.717) is 10.6 Å². The minimum absolute atomic E-state index is 0.0612. The lowest BCUT2D eigenvalue weighted by molar-refractivity contribution is 0.0794. The summed E-state index contributed by atoms with van der Waals surface area (Å²) in [5, 5.41) is 4.89. The number of nitrogens with zero attached hydrogens (tertiary/aromatic N) is 3. The van der Waals surface area contributed by atoms with Gasteiger partial charge in [0.2, 0.25) is 0 Å². The van der Waals surface area contributed by atoms with E-state index < -0.39 is 0 Å². The topological polar surface area (TPSA) is 50.2 Å². The average Bonchev–Trinajstić information content (AvgIpc) is 3.25. The van der Waals surface area contributed by atoms with Gasteiger partial charge in [-0.15, -0.1) is 0 Å². The van der Waals surface area contributed by atoms with Crippen LogP contribution in [0.25, 0.3) is 10.9 Å². The van der Waals surface area contributed by atoms with Crippen LogP contribution < -0.4 is 5.32 Å². The summed E-state index contributed by atoms with van der Waals surface area (Å²) < 4.78 is 1.98. The molecule has 0 radical (unpaired) electrons. The van der Waals surface area contributed by atoms with Gasteiger partial charge in [-0.25, -0.2) is 4.98 Å². The highest BCUT2D eigenvalue weighted by molar-refractivity contribution is 6.30. The Balaban J connectivity index is 1.76. The van der Waals surface area contributed by atoms with Crippen molar-refractivity contribution in [3.05, 3.63) is 53.3 Å².